The number of hydrogen-bond acceptors (Lipinski definition) is 5. The number of para-hydroxylation sites is 1. The lowest BCUT2D eigenvalue weighted by Gasteiger charge is -2.36. The highest BCUT2D eigenvalue weighted by molar-refractivity contribution is 5.78. The van der Waals surface area contributed by atoms with Crippen LogP contribution in [0, 0.1) is 5.92 Å². The van der Waals surface area contributed by atoms with Gasteiger partial charge in [0.05, 0.1) is 11.7 Å². The Balaban J connectivity index is 1.75. The van der Waals surface area contributed by atoms with E-state index in [1.807, 2.05) is 67.3 Å². The normalized spacial score (nSPS) is 16.5. The molecule has 3 heterocycles. The molecule has 1 aromatic carbocycles. The topological polar surface area (TPSA) is 71.0 Å². The van der Waals surface area contributed by atoms with E-state index in [1.54, 1.807) is 12.4 Å². The maximum atomic E-state index is 12.9. The lowest BCUT2D eigenvalue weighted by atomic mass is 9.99. The molecule has 0 aliphatic carbocycles. The Morgan fingerprint density at radius 1 is 1.10 bits per heavy atom. The van der Waals surface area contributed by atoms with Crippen LogP contribution >= 0.6 is 0 Å². The third-order valence-corrected chi connectivity index (χ3v) is 5.32. The average molecular weight is 402 g/mol. The summed E-state index contributed by atoms with van der Waals surface area (Å²) in [6.45, 7) is 4.65. The molecule has 4 rings (SSSR count). The Morgan fingerprint density at radius 3 is 2.67 bits per heavy atom. The van der Waals surface area contributed by atoms with Gasteiger partial charge in [0.25, 0.3) is 0 Å². The molecule has 1 atom stereocenters. The average Bonchev–Trinajstić information content (AvgIpc) is 2.79. The van der Waals surface area contributed by atoms with Crippen LogP contribution in [0.1, 0.15) is 45.0 Å². The van der Waals surface area contributed by atoms with E-state index in [0.29, 0.717) is 11.6 Å². The number of anilines is 2. The van der Waals surface area contributed by atoms with Crippen molar-refractivity contribution in [3.63, 3.8) is 0 Å². The van der Waals surface area contributed by atoms with Crippen LogP contribution in [0.4, 0.5) is 11.5 Å². The van der Waals surface area contributed by atoms with Crippen LogP contribution in [0.5, 0.6) is 0 Å². The van der Waals surface area contributed by atoms with Crippen molar-refractivity contribution in [3.8, 4) is 11.3 Å². The molecule has 1 amide bonds. The summed E-state index contributed by atoms with van der Waals surface area (Å²) in [6, 6.07) is 15.7. The Labute approximate surface area is 177 Å². The summed E-state index contributed by atoms with van der Waals surface area (Å²) in [5, 5.41) is 3.39. The van der Waals surface area contributed by atoms with Crippen LogP contribution < -0.4 is 5.32 Å². The molecule has 3 aromatic rings. The predicted molar refractivity (Wildman–Crippen MR) is 118 cm³/mol. The molecule has 30 heavy (non-hydrogen) atoms. The van der Waals surface area contributed by atoms with Crippen LogP contribution in [-0.2, 0) is 4.79 Å². The highest BCUT2D eigenvalue weighted by atomic mass is 16.2. The van der Waals surface area contributed by atoms with Gasteiger partial charge in [0, 0.05) is 42.2 Å². The molecular weight excluding hydrogens is 374 g/mol. The van der Waals surface area contributed by atoms with Gasteiger partial charge in [0.15, 0.2) is 5.82 Å². The largest absolute Gasteiger partial charge is 0.340 e. The van der Waals surface area contributed by atoms with E-state index < -0.39 is 0 Å². The second-order valence-electron chi connectivity index (χ2n) is 7.93. The number of benzene rings is 1. The van der Waals surface area contributed by atoms with Crippen LogP contribution in [0.2, 0.25) is 0 Å². The zero-order chi connectivity index (χ0) is 20.9. The summed E-state index contributed by atoms with van der Waals surface area (Å²) in [6.07, 6.45) is 6.51. The van der Waals surface area contributed by atoms with Crippen LogP contribution in [0.15, 0.2) is 60.9 Å². The minimum Gasteiger partial charge on any atom is -0.340 e. The monoisotopic (exact) mass is 401 g/mol. The first-order valence-corrected chi connectivity index (χ1v) is 10.5. The third-order valence-electron chi connectivity index (χ3n) is 5.32. The highest BCUT2D eigenvalue weighted by Crippen LogP contribution is 2.32. The molecule has 1 fully saturated rings. The third kappa shape index (κ3) is 4.48. The van der Waals surface area contributed by atoms with E-state index in [0.717, 1.165) is 42.8 Å². The molecule has 0 radical (unpaired) electrons. The summed E-state index contributed by atoms with van der Waals surface area (Å²) < 4.78 is 0. The van der Waals surface area contributed by atoms with Gasteiger partial charge in [-0.2, -0.15) is 0 Å². The molecule has 1 aliphatic heterocycles. The molecule has 1 saturated heterocycles. The van der Waals surface area contributed by atoms with Gasteiger partial charge >= 0.3 is 0 Å². The van der Waals surface area contributed by atoms with E-state index >= 15 is 0 Å². The summed E-state index contributed by atoms with van der Waals surface area (Å²) in [4.78, 5) is 28.8. The van der Waals surface area contributed by atoms with E-state index in [9.17, 15) is 4.79 Å². The Bertz CT molecular complexity index is 991. The first-order chi connectivity index (χ1) is 14.6. The molecule has 1 N–H and O–H groups in total. The quantitative estimate of drug-likeness (QED) is 0.652. The number of nitrogens with zero attached hydrogens (tertiary/aromatic N) is 4. The Kier molecular flexibility index (Phi) is 6.02. The van der Waals surface area contributed by atoms with Crippen LogP contribution in [-0.4, -0.2) is 32.3 Å². The first-order valence-electron chi connectivity index (χ1n) is 10.5. The number of nitrogens with one attached hydrogen (secondary N) is 1. The molecule has 0 unspecified atom stereocenters. The smallest absolute Gasteiger partial charge is 0.225 e. The van der Waals surface area contributed by atoms with Gasteiger partial charge in [-0.25, -0.2) is 9.97 Å². The number of rotatable bonds is 5. The summed E-state index contributed by atoms with van der Waals surface area (Å²) in [7, 11) is 0. The van der Waals surface area contributed by atoms with Crippen molar-refractivity contribution in [2.24, 2.45) is 5.92 Å². The second-order valence-corrected chi connectivity index (χ2v) is 7.93. The Hall–Kier alpha value is -3.28. The number of hydrogen-bond donors (Lipinski definition) is 1. The maximum Gasteiger partial charge on any atom is 0.225 e. The SMILES string of the molecule is CC(C)C(=O)N1CCCC[C@H]1c1nc(Nc2ccccc2)cc(-c2cccnc2)n1. The van der Waals surface area contributed by atoms with E-state index in [4.69, 9.17) is 9.97 Å². The van der Waals surface area contributed by atoms with Gasteiger partial charge in [-0.1, -0.05) is 32.0 Å². The molecule has 6 nitrogen and oxygen atoms in total. The fourth-order valence-corrected chi connectivity index (χ4v) is 3.81. The zero-order valence-corrected chi connectivity index (χ0v) is 17.5. The van der Waals surface area contributed by atoms with E-state index in [1.165, 1.54) is 0 Å². The second kappa shape index (κ2) is 9.03. The predicted octanol–water partition coefficient (Wildman–Crippen LogP) is 4.99. The summed E-state index contributed by atoms with van der Waals surface area (Å²) in [5.41, 5.74) is 2.68. The van der Waals surface area contributed by atoms with Crippen LogP contribution in [0.25, 0.3) is 11.3 Å². The van der Waals surface area contributed by atoms with Gasteiger partial charge in [0.1, 0.15) is 5.82 Å². The molecule has 0 bridgehead atoms. The zero-order valence-electron chi connectivity index (χ0n) is 17.5. The van der Waals surface area contributed by atoms with Gasteiger partial charge < -0.3 is 10.2 Å². The summed E-state index contributed by atoms with van der Waals surface area (Å²) >= 11 is 0. The van der Waals surface area contributed by atoms with Gasteiger partial charge in [-0.3, -0.25) is 9.78 Å². The van der Waals surface area contributed by atoms with Crippen molar-refractivity contribution in [3.05, 3.63) is 66.7 Å². The molecule has 2 aromatic heterocycles. The van der Waals surface area contributed by atoms with Crippen molar-refractivity contribution in [2.75, 3.05) is 11.9 Å². The molecule has 154 valence electrons. The van der Waals surface area contributed by atoms with E-state index in [2.05, 4.69) is 10.3 Å². The molecule has 6 heteroatoms. The Morgan fingerprint density at radius 2 is 1.93 bits per heavy atom. The number of carbonyl (C=O) groups is 1. The minimum atomic E-state index is -0.110. The van der Waals surface area contributed by atoms with Gasteiger partial charge in [0.2, 0.25) is 5.91 Å². The van der Waals surface area contributed by atoms with Crippen molar-refractivity contribution in [1.29, 1.82) is 0 Å². The first kappa shape index (κ1) is 20.0. The fourth-order valence-electron chi connectivity index (χ4n) is 3.81. The van der Waals surface area contributed by atoms with E-state index in [-0.39, 0.29) is 17.9 Å². The maximum absolute atomic E-state index is 12.9. The minimum absolute atomic E-state index is 0.0472. The number of likely N-dealkylation sites (tertiary alicyclic amines) is 1. The number of pyridine rings is 1. The number of carbonyl (C=O) groups excluding carboxylic acids is 1. The summed E-state index contributed by atoms with van der Waals surface area (Å²) in [5.74, 6) is 1.51. The standard InChI is InChI=1S/C24H27N5O/c1-17(2)24(30)29-14-7-6-12-21(29)23-27-20(18-9-8-13-25-16-18)15-22(28-23)26-19-10-4-3-5-11-19/h3-5,8-11,13,15-17,21H,6-7,12,14H2,1-2H3,(H,26,27,28)/t21-/m0/s1. The fraction of sp³-hybridized carbons (Fsp3) is 0.333. The number of aromatic nitrogens is 3. The number of amides is 1. The molecule has 0 saturated carbocycles. The van der Waals surface area contributed by atoms with Crippen molar-refractivity contribution >= 4 is 17.4 Å². The van der Waals surface area contributed by atoms with Crippen LogP contribution in [0.3, 0.4) is 0 Å². The molecular formula is C24H27N5O. The van der Waals surface area contributed by atoms with Gasteiger partial charge in [-0.05, 0) is 43.5 Å². The molecule has 0 spiro atoms. The highest BCUT2D eigenvalue weighted by Gasteiger charge is 2.31. The van der Waals surface area contributed by atoms with Crippen molar-refractivity contribution in [2.45, 2.75) is 39.2 Å². The number of piperidine rings is 1. The van der Waals surface area contributed by atoms with Crippen molar-refractivity contribution < 1.29 is 4.79 Å². The van der Waals surface area contributed by atoms with Crippen molar-refractivity contribution in [1.82, 2.24) is 19.9 Å². The molecule has 1 aliphatic rings. The lowest BCUT2D eigenvalue weighted by Crippen LogP contribution is -2.41. The lowest BCUT2D eigenvalue weighted by molar-refractivity contribution is -0.138. The van der Waals surface area contributed by atoms with Gasteiger partial charge in [-0.15, -0.1) is 0 Å².